The zero-order valence-corrected chi connectivity index (χ0v) is 19.1. The van der Waals surface area contributed by atoms with Crippen LogP contribution in [-0.4, -0.2) is 23.1 Å². The van der Waals surface area contributed by atoms with Gasteiger partial charge in [0.2, 0.25) is 11.2 Å². The highest BCUT2D eigenvalue weighted by Gasteiger charge is 2.18. The molecule has 3 aromatic rings. The number of ether oxygens (including phenoxy) is 1. The summed E-state index contributed by atoms with van der Waals surface area (Å²) in [5.41, 5.74) is 0.795. The summed E-state index contributed by atoms with van der Waals surface area (Å²) in [5.74, 6) is 0.788. The topological polar surface area (TPSA) is 62.9 Å². The lowest BCUT2D eigenvalue weighted by molar-refractivity contribution is 0.253. The van der Waals surface area contributed by atoms with Crippen molar-refractivity contribution >= 4 is 26.9 Å². The van der Waals surface area contributed by atoms with Crippen molar-refractivity contribution in [2.24, 2.45) is 0 Å². The summed E-state index contributed by atoms with van der Waals surface area (Å²) in [4.78, 5) is 15.4. The molecule has 0 spiro atoms. The van der Waals surface area contributed by atoms with Crippen LogP contribution in [0.25, 0.3) is 11.0 Å². The van der Waals surface area contributed by atoms with E-state index in [1.54, 1.807) is 18.2 Å². The number of fused-ring (bicyclic) bond motifs is 1. The molecule has 0 saturated heterocycles. The van der Waals surface area contributed by atoms with Crippen LogP contribution in [0.5, 0.6) is 17.2 Å². The maximum Gasteiger partial charge on any atom is 0.235 e. The number of para-hydroxylation sites is 1. The largest absolute Gasteiger partial charge is 0.507 e. The van der Waals surface area contributed by atoms with Crippen molar-refractivity contribution in [3.05, 3.63) is 62.9 Å². The van der Waals surface area contributed by atoms with E-state index in [0.29, 0.717) is 28.8 Å². The van der Waals surface area contributed by atoms with Crippen molar-refractivity contribution < 1.29 is 14.3 Å². The summed E-state index contributed by atoms with van der Waals surface area (Å²) in [6.45, 7) is 6.76. The smallest absolute Gasteiger partial charge is 0.235 e. The Hall–Kier alpha value is -2.31. The van der Waals surface area contributed by atoms with Crippen molar-refractivity contribution in [3.8, 4) is 17.2 Å². The predicted molar refractivity (Wildman–Crippen MR) is 123 cm³/mol. The Morgan fingerprint density at radius 2 is 1.73 bits per heavy atom. The SMILES string of the molecule is CCCCN(CCCC)Cc1c(O)ccc2c(=O)c(Oc3ccccc3Br)coc12. The molecule has 0 saturated carbocycles. The maximum atomic E-state index is 13.0. The molecule has 3 rings (SSSR count). The average Bonchev–Trinajstić information content (AvgIpc) is 2.75. The van der Waals surface area contributed by atoms with Gasteiger partial charge in [-0.25, -0.2) is 0 Å². The molecule has 0 amide bonds. The van der Waals surface area contributed by atoms with Gasteiger partial charge < -0.3 is 14.3 Å². The van der Waals surface area contributed by atoms with Gasteiger partial charge in [0, 0.05) is 6.54 Å². The zero-order valence-electron chi connectivity index (χ0n) is 17.5. The number of benzene rings is 2. The third kappa shape index (κ3) is 5.24. The Labute approximate surface area is 185 Å². The van der Waals surface area contributed by atoms with Crippen LogP contribution in [0.3, 0.4) is 0 Å². The number of halogens is 1. The number of aromatic hydroxyl groups is 1. The van der Waals surface area contributed by atoms with Crippen molar-refractivity contribution in [3.63, 3.8) is 0 Å². The number of hydrogen-bond acceptors (Lipinski definition) is 5. The van der Waals surface area contributed by atoms with Crippen molar-refractivity contribution in [2.45, 2.75) is 46.1 Å². The minimum Gasteiger partial charge on any atom is -0.507 e. The zero-order chi connectivity index (χ0) is 21.5. The van der Waals surface area contributed by atoms with Crippen LogP contribution in [0.1, 0.15) is 45.1 Å². The van der Waals surface area contributed by atoms with E-state index in [1.165, 1.54) is 6.26 Å². The standard InChI is InChI=1S/C24H28BrNO4/c1-3-5-13-26(14-6-4-2)15-18-20(27)12-11-17-23(28)22(16-29-24(17)18)30-21-10-8-7-9-19(21)25/h7-12,16,27H,3-6,13-15H2,1-2H3. The quantitative estimate of drug-likeness (QED) is 0.366. The molecule has 1 heterocycles. The Morgan fingerprint density at radius 1 is 1.03 bits per heavy atom. The van der Waals surface area contributed by atoms with Crippen LogP contribution in [0.2, 0.25) is 0 Å². The molecule has 160 valence electrons. The van der Waals surface area contributed by atoms with E-state index < -0.39 is 0 Å². The fourth-order valence-electron chi connectivity index (χ4n) is 3.36. The van der Waals surface area contributed by atoms with Gasteiger partial charge in [-0.05, 0) is 66.1 Å². The molecule has 0 fully saturated rings. The van der Waals surface area contributed by atoms with E-state index in [-0.39, 0.29) is 16.9 Å². The van der Waals surface area contributed by atoms with E-state index in [1.807, 2.05) is 18.2 Å². The highest BCUT2D eigenvalue weighted by atomic mass is 79.9. The molecule has 0 radical (unpaired) electrons. The molecule has 0 aliphatic carbocycles. The third-order valence-corrected chi connectivity index (χ3v) is 5.74. The fraction of sp³-hybridized carbons (Fsp3) is 0.375. The molecular weight excluding hydrogens is 446 g/mol. The normalized spacial score (nSPS) is 11.3. The van der Waals surface area contributed by atoms with Crippen molar-refractivity contribution in [1.29, 1.82) is 0 Å². The first-order chi connectivity index (χ1) is 14.5. The second-order valence-corrected chi connectivity index (χ2v) is 8.24. The molecule has 6 heteroatoms. The van der Waals surface area contributed by atoms with Crippen LogP contribution in [0.15, 0.2) is 56.3 Å². The van der Waals surface area contributed by atoms with E-state index in [2.05, 4.69) is 34.7 Å². The van der Waals surface area contributed by atoms with Gasteiger partial charge in [-0.15, -0.1) is 0 Å². The van der Waals surface area contributed by atoms with Gasteiger partial charge in [-0.3, -0.25) is 9.69 Å². The Balaban J connectivity index is 1.96. The van der Waals surface area contributed by atoms with Crippen LogP contribution in [0, 0.1) is 0 Å². The van der Waals surface area contributed by atoms with E-state index in [9.17, 15) is 9.90 Å². The van der Waals surface area contributed by atoms with E-state index in [4.69, 9.17) is 9.15 Å². The number of phenols is 1. The first-order valence-electron chi connectivity index (χ1n) is 10.5. The molecule has 0 bridgehead atoms. The molecular formula is C24H28BrNO4. The summed E-state index contributed by atoms with van der Waals surface area (Å²) in [6, 6.07) is 10.5. The second-order valence-electron chi connectivity index (χ2n) is 7.38. The summed E-state index contributed by atoms with van der Waals surface area (Å²) >= 11 is 3.42. The minimum atomic E-state index is -0.262. The fourth-order valence-corrected chi connectivity index (χ4v) is 3.72. The number of nitrogens with zero attached hydrogens (tertiary/aromatic N) is 1. The van der Waals surface area contributed by atoms with Crippen LogP contribution in [0.4, 0.5) is 0 Å². The molecule has 30 heavy (non-hydrogen) atoms. The van der Waals surface area contributed by atoms with E-state index in [0.717, 1.165) is 43.2 Å². The molecule has 0 aliphatic heterocycles. The lowest BCUT2D eigenvalue weighted by Crippen LogP contribution is -2.26. The molecule has 1 N–H and O–H groups in total. The van der Waals surface area contributed by atoms with Gasteiger partial charge in [-0.2, -0.15) is 0 Å². The summed E-state index contributed by atoms with van der Waals surface area (Å²) in [5, 5.41) is 10.9. The van der Waals surface area contributed by atoms with Crippen LogP contribution in [-0.2, 0) is 6.54 Å². The van der Waals surface area contributed by atoms with Crippen molar-refractivity contribution in [1.82, 2.24) is 4.90 Å². The predicted octanol–water partition coefficient (Wildman–Crippen LogP) is 6.46. The highest BCUT2D eigenvalue weighted by molar-refractivity contribution is 9.10. The molecule has 0 unspecified atom stereocenters. The molecule has 5 nitrogen and oxygen atoms in total. The molecule has 0 atom stereocenters. The second kappa shape index (κ2) is 10.6. The van der Waals surface area contributed by atoms with Gasteiger partial charge in [0.1, 0.15) is 23.3 Å². The van der Waals surface area contributed by atoms with Gasteiger partial charge >= 0.3 is 0 Å². The first-order valence-corrected chi connectivity index (χ1v) is 11.3. The van der Waals surface area contributed by atoms with Crippen LogP contribution < -0.4 is 10.2 Å². The summed E-state index contributed by atoms with van der Waals surface area (Å²) in [7, 11) is 0. The summed E-state index contributed by atoms with van der Waals surface area (Å²) in [6.07, 6.45) is 5.71. The monoisotopic (exact) mass is 473 g/mol. The summed E-state index contributed by atoms with van der Waals surface area (Å²) < 4.78 is 12.4. The Kier molecular flexibility index (Phi) is 7.94. The lowest BCUT2D eigenvalue weighted by atomic mass is 10.1. The van der Waals surface area contributed by atoms with E-state index >= 15 is 0 Å². The number of phenolic OH excluding ortho intramolecular Hbond substituents is 1. The molecule has 2 aromatic carbocycles. The third-order valence-electron chi connectivity index (χ3n) is 5.08. The van der Waals surface area contributed by atoms with Gasteiger partial charge in [0.05, 0.1) is 15.4 Å². The van der Waals surface area contributed by atoms with Crippen molar-refractivity contribution in [2.75, 3.05) is 13.1 Å². The Morgan fingerprint density at radius 3 is 2.40 bits per heavy atom. The number of rotatable bonds is 10. The highest BCUT2D eigenvalue weighted by Crippen LogP contribution is 2.31. The average molecular weight is 474 g/mol. The molecule has 0 aliphatic rings. The van der Waals surface area contributed by atoms with Gasteiger partial charge in [0.25, 0.3) is 0 Å². The molecule has 1 aromatic heterocycles. The first kappa shape index (κ1) is 22.4. The minimum absolute atomic E-state index is 0.111. The number of unbranched alkanes of at least 4 members (excludes halogenated alkanes) is 2. The van der Waals surface area contributed by atoms with Crippen LogP contribution >= 0.6 is 15.9 Å². The Bertz CT molecular complexity index is 1040. The van der Waals surface area contributed by atoms with Gasteiger partial charge in [-0.1, -0.05) is 38.8 Å². The number of hydrogen-bond donors (Lipinski definition) is 1. The van der Waals surface area contributed by atoms with Gasteiger partial charge in [0.15, 0.2) is 0 Å². The lowest BCUT2D eigenvalue weighted by Gasteiger charge is -2.23. The maximum absolute atomic E-state index is 13.0.